The highest BCUT2D eigenvalue weighted by molar-refractivity contribution is 6.33. The number of halogens is 1. The predicted octanol–water partition coefficient (Wildman–Crippen LogP) is 3.22. The zero-order chi connectivity index (χ0) is 16.4. The highest BCUT2D eigenvalue weighted by Crippen LogP contribution is 2.30. The first-order valence-electron chi connectivity index (χ1n) is 6.71. The summed E-state index contributed by atoms with van der Waals surface area (Å²) >= 11 is 6.01. The number of rotatable bonds is 3. The molecular formula is C15H11ClN4O3. The molecule has 0 unspecified atom stereocenters. The number of nitro benzene ring substituents is 1. The number of hydrogen-bond acceptors (Lipinski definition) is 4. The molecular weight excluding hydrogens is 320 g/mol. The van der Waals surface area contributed by atoms with Gasteiger partial charge in [-0.05, 0) is 18.2 Å². The summed E-state index contributed by atoms with van der Waals surface area (Å²) in [5.41, 5.74) is 3.70. The number of anilines is 1. The van der Waals surface area contributed by atoms with Crippen LogP contribution in [0.3, 0.4) is 0 Å². The molecule has 3 rings (SSSR count). The molecule has 0 aromatic heterocycles. The number of hydrogen-bond donors (Lipinski definition) is 1. The van der Waals surface area contributed by atoms with Gasteiger partial charge in [-0.3, -0.25) is 20.3 Å². The van der Waals surface area contributed by atoms with Crippen LogP contribution in [0.15, 0.2) is 53.5 Å². The van der Waals surface area contributed by atoms with Crippen molar-refractivity contribution in [2.75, 3.05) is 5.01 Å². The van der Waals surface area contributed by atoms with Crippen LogP contribution in [-0.2, 0) is 4.79 Å². The predicted molar refractivity (Wildman–Crippen MR) is 86.9 cm³/mol. The van der Waals surface area contributed by atoms with Gasteiger partial charge in [0.15, 0.2) is 0 Å². The summed E-state index contributed by atoms with van der Waals surface area (Å²) in [6.45, 7) is 0. The SMILES string of the molecule is O=C1CC(=Nc2cc([N+](=O)[O-])ccc2Cl)NN1c1ccccc1. The molecule has 0 radical (unpaired) electrons. The molecule has 1 heterocycles. The lowest BCUT2D eigenvalue weighted by atomic mass is 10.3. The second kappa shape index (κ2) is 6.05. The Bertz CT molecular complexity index is 808. The Kier molecular flexibility index (Phi) is 3.94. The van der Waals surface area contributed by atoms with Gasteiger partial charge in [0.25, 0.3) is 11.6 Å². The van der Waals surface area contributed by atoms with Gasteiger partial charge in [0.05, 0.1) is 27.7 Å². The average molecular weight is 331 g/mol. The van der Waals surface area contributed by atoms with E-state index < -0.39 is 4.92 Å². The van der Waals surface area contributed by atoms with Crippen LogP contribution in [0.2, 0.25) is 5.02 Å². The van der Waals surface area contributed by atoms with E-state index in [0.717, 1.165) is 0 Å². The fraction of sp³-hybridized carbons (Fsp3) is 0.0667. The number of hydrazine groups is 1. The number of aliphatic imine (C=N–C) groups is 1. The number of amides is 1. The molecule has 1 aliphatic heterocycles. The fourth-order valence-electron chi connectivity index (χ4n) is 2.15. The van der Waals surface area contributed by atoms with Gasteiger partial charge in [0.1, 0.15) is 5.84 Å². The molecule has 0 saturated carbocycles. The van der Waals surface area contributed by atoms with Crippen LogP contribution in [0.1, 0.15) is 6.42 Å². The summed E-state index contributed by atoms with van der Waals surface area (Å²) in [4.78, 5) is 26.6. The van der Waals surface area contributed by atoms with E-state index in [9.17, 15) is 14.9 Å². The minimum absolute atomic E-state index is 0.0634. The van der Waals surface area contributed by atoms with Crippen LogP contribution in [0.5, 0.6) is 0 Å². The molecule has 7 nitrogen and oxygen atoms in total. The van der Waals surface area contributed by atoms with E-state index in [0.29, 0.717) is 11.5 Å². The number of benzene rings is 2. The summed E-state index contributed by atoms with van der Waals surface area (Å²) in [6, 6.07) is 13.0. The molecule has 2 aromatic rings. The van der Waals surface area contributed by atoms with Gasteiger partial charge in [-0.25, -0.2) is 10.0 Å². The van der Waals surface area contributed by atoms with Gasteiger partial charge < -0.3 is 0 Å². The number of non-ortho nitro benzene ring substituents is 1. The maximum absolute atomic E-state index is 12.1. The lowest BCUT2D eigenvalue weighted by molar-refractivity contribution is -0.384. The molecule has 0 bridgehead atoms. The van der Waals surface area contributed by atoms with E-state index in [4.69, 9.17) is 11.6 Å². The van der Waals surface area contributed by atoms with E-state index in [1.807, 2.05) is 18.2 Å². The fourth-order valence-corrected chi connectivity index (χ4v) is 2.31. The quantitative estimate of drug-likeness (QED) is 0.691. The van der Waals surface area contributed by atoms with Crippen molar-refractivity contribution in [3.05, 3.63) is 63.7 Å². The van der Waals surface area contributed by atoms with Gasteiger partial charge in [0.2, 0.25) is 0 Å². The Morgan fingerprint density at radius 2 is 1.96 bits per heavy atom. The Hall–Kier alpha value is -2.93. The van der Waals surface area contributed by atoms with Gasteiger partial charge in [-0.2, -0.15) is 0 Å². The lowest BCUT2D eigenvalue weighted by Gasteiger charge is -2.15. The molecule has 8 heteroatoms. The molecule has 0 spiro atoms. The first kappa shape index (κ1) is 15.0. The van der Waals surface area contributed by atoms with Crippen molar-refractivity contribution in [3.63, 3.8) is 0 Å². The van der Waals surface area contributed by atoms with Crippen molar-refractivity contribution >= 4 is 40.4 Å². The summed E-state index contributed by atoms with van der Waals surface area (Å²) in [5, 5.41) is 12.5. The second-order valence-corrected chi connectivity index (χ2v) is 5.21. The third kappa shape index (κ3) is 3.14. The summed E-state index contributed by atoms with van der Waals surface area (Å²) < 4.78 is 0. The Labute approximate surface area is 136 Å². The van der Waals surface area contributed by atoms with Crippen molar-refractivity contribution in [1.29, 1.82) is 0 Å². The molecule has 2 aromatic carbocycles. The van der Waals surface area contributed by atoms with E-state index in [2.05, 4.69) is 10.4 Å². The van der Waals surface area contributed by atoms with Crippen LogP contribution >= 0.6 is 11.6 Å². The first-order chi connectivity index (χ1) is 11.0. The van der Waals surface area contributed by atoms with E-state index >= 15 is 0 Å². The monoisotopic (exact) mass is 330 g/mol. The minimum Gasteiger partial charge on any atom is -0.278 e. The Morgan fingerprint density at radius 3 is 2.65 bits per heavy atom. The zero-order valence-corrected chi connectivity index (χ0v) is 12.5. The number of carbonyl (C=O) groups excluding carboxylic acids is 1. The van der Waals surface area contributed by atoms with Crippen molar-refractivity contribution in [3.8, 4) is 0 Å². The van der Waals surface area contributed by atoms with E-state index in [1.54, 1.807) is 12.1 Å². The number of amidine groups is 1. The maximum atomic E-state index is 12.1. The first-order valence-corrected chi connectivity index (χ1v) is 7.08. The number of nitrogens with one attached hydrogen (secondary N) is 1. The molecule has 1 amide bonds. The van der Waals surface area contributed by atoms with Crippen LogP contribution < -0.4 is 10.4 Å². The van der Waals surface area contributed by atoms with Crippen LogP contribution in [0, 0.1) is 10.1 Å². The normalized spacial score (nSPS) is 15.8. The van der Waals surface area contributed by atoms with Gasteiger partial charge >= 0.3 is 0 Å². The van der Waals surface area contributed by atoms with Gasteiger partial charge in [-0.1, -0.05) is 29.8 Å². The third-order valence-electron chi connectivity index (χ3n) is 3.22. The molecule has 1 aliphatic rings. The lowest BCUT2D eigenvalue weighted by Crippen LogP contribution is -2.35. The molecule has 0 aliphatic carbocycles. The molecule has 1 saturated heterocycles. The molecule has 23 heavy (non-hydrogen) atoms. The number of carbonyl (C=O) groups is 1. The maximum Gasteiger partial charge on any atom is 0.271 e. The smallest absolute Gasteiger partial charge is 0.271 e. The average Bonchev–Trinajstić information content (AvgIpc) is 2.90. The molecule has 116 valence electrons. The summed E-state index contributed by atoms with van der Waals surface area (Å²) in [5.74, 6) is 0.206. The summed E-state index contributed by atoms with van der Waals surface area (Å²) in [6.07, 6.45) is 0.0634. The topological polar surface area (TPSA) is 87.8 Å². The highest BCUT2D eigenvalue weighted by Gasteiger charge is 2.27. The van der Waals surface area contributed by atoms with Crippen molar-refractivity contribution < 1.29 is 9.72 Å². The van der Waals surface area contributed by atoms with Crippen molar-refractivity contribution in [2.24, 2.45) is 4.99 Å². The van der Waals surface area contributed by atoms with Crippen LogP contribution in [0.4, 0.5) is 17.1 Å². The number of nitrogens with zero attached hydrogens (tertiary/aromatic N) is 3. The Morgan fingerprint density at radius 1 is 1.22 bits per heavy atom. The number of nitro groups is 1. The summed E-state index contributed by atoms with van der Waals surface area (Å²) in [7, 11) is 0. The largest absolute Gasteiger partial charge is 0.278 e. The van der Waals surface area contributed by atoms with E-state index in [1.165, 1.54) is 23.2 Å². The highest BCUT2D eigenvalue weighted by atomic mass is 35.5. The second-order valence-electron chi connectivity index (χ2n) is 4.80. The minimum atomic E-state index is -0.524. The van der Waals surface area contributed by atoms with Crippen LogP contribution in [-0.4, -0.2) is 16.7 Å². The zero-order valence-electron chi connectivity index (χ0n) is 11.8. The van der Waals surface area contributed by atoms with Crippen LogP contribution in [0.25, 0.3) is 0 Å². The Balaban J connectivity index is 1.89. The molecule has 0 atom stereocenters. The van der Waals surface area contributed by atoms with Crippen molar-refractivity contribution in [1.82, 2.24) is 5.43 Å². The molecule has 1 fully saturated rings. The number of para-hydroxylation sites is 1. The van der Waals surface area contributed by atoms with Crippen molar-refractivity contribution in [2.45, 2.75) is 6.42 Å². The standard InChI is InChI=1S/C15H11ClN4O3/c16-12-7-6-11(20(22)23)8-13(12)17-14-9-15(21)19(18-14)10-4-2-1-3-5-10/h1-8H,9H2,(H,17,18). The van der Waals surface area contributed by atoms with E-state index in [-0.39, 0.29) is 28.7 Å². The van der Waals surface area contributed by atoms with Gasteiger partial charge in [0, 0.05) is 12.1 Å². The van der Waals surface area contributed by atoms with Gasteiger partial charge in [-0.15, -0.1) is 0 Å². The third-order valence-corrected chi connectivity index (χ3v) is 3.54. The molecule has 1 N–H and O–H groups in total.